The molecule has 1 saturated carbocycles. The molecule has 1 aliphatic rings. The quantitative estimate of drug-likeness (QED) is 0.645. The Balaban J connectivity index is 2.45. The van der Waals surface area contributed by atoms with Crippen LogP contribution < -0.4 is 11.1 Å². The van der Waals surface area contributed by atoms with Crippen LogP contribution in [0.2, 0.25) is 0 Å². The number of carbonyl (C=O) groups is 1. The minimum absolute atomic E-state index is 0.0387. The third-order valence-corrected chi connectivity index (χ3v) is 2.72. The van der Waals surface area contributed by atoms with Gasteiger partial charge in [0, 0.05) is 6.04 Å². The number of hydrogen-bond donors (Lipinski definition) is 2. The summed E-state index contributed by atoms with van der Waals surface area (Å²) in [7, 11) is 0. The summed E-state index contributed by atoms with van der Waals surface area (Å²) in [6.07, 6.45) is 5.35. The Morgan fingerprint density at radius 2 is 2.14 bits per heavy atom. The molecular formula is C10H17N3O. The maximum Gasteiger partial charge on any atom is 0.231 e. The van der Waals surface area contributed by atoms with Gasteiger partial charge in [-0.1, -0.05) is 19.3 Å². The highest BCUT2D eigenvalue weighted by atomic mass is 16.1. The van der Waals surface area contributed by atoms with E-state index < -0.39 is 0 Å². The molecule has 0 aromatic heterocycles. The van der Waals surface area contributed by atoms with Crippen LogP contribution in [0.3, 0.4) is 0 Å². The van der Waals surface area contributed by atoms with E-state index in [-0.39, 0.29) is 24.4 Å². The summed E-state index contributed by atoms with van der Waals surface area (Å²) in [5, 5.41) is 12.0. The Morgan fingerprint density at radius 1 is 1.43 bits per heavy atom. The summed E-state index contributed by atoms with van der Waals surface area (Å²) < 4.78 is 0. The Hall–Kier alpha value is -1.08. The fraction of sp³-hybridized carbons (Fsp3) is 0.800. The Labute approximate surface area is 84.5 Å². The molecule has 3 N–H and O–H groups in total. The molecule has 4 nitrogen and oxygen atoms in total. The van der Waals surface area contributed by atoms with Gasteiger partial charge in [-0.05, 0) is 12.8 Å². The third-order valence-electron chi connectivity index (χ3n) is 2.72. The molecule has 0 bridgehead atoms. The SMILES string of the molecule is N#CC1CCCCCC1NCC(N)=O. The van der Waals surface area contributed by atoms with Crippen molar-refractivity contribution in [3.05, 3.63) is 0 Å². The number of carbonyl (C=O) groups excluding carboxylic acids is 1. The first-order chi connectivity index (χ1) is 6.74. The lowest BCUT2D eigenvalue weighted by Crippen LogP contribution is -2.40. The minimum atomic E-state index is -0.356. The van der Waals surface area contributed by atoms with Crippen molar-refractivity contribution in [2.75, 3.05) is 6.54 Å². The average Bonchev–Trinajstić information content (AvgIpc) is 2.38. The van der Waals surface area contributed by atoms with Crippen molar-refractivity contribution in [2.45, 2.75) is 38.1 Å². The highest BCUT2D eigenvalue weighted by Crippen LogP contribution is 2.22. The summed E-state index contributed by atoms with van der Waals surface area (Å²) in [6.45, 7) is 0.183. The molecule has 78 valence electrons. The summed E-state index contributed by atoms with van der Waals surface area (Å²) >= 11 is 0. The number of nitrogens with one attached hydrogen (secondary N) is 1. The average molecular weight is 195 g/mol. The van der Waals surface area contributed by atoms with Crippen molar-refractivity contribution < 1.29 is 4.79 Å². The number of primary amides is 1. The fourth-order valence-electron chi connectivity index (χ4n) is 1.94. The predicted molar refractivity (Wildman–Crippen MR) is 53.2 cm³/mol. The number of nitrogens with two attached hydrogens (primary N) is 1. The second kappa shape index (κ2) is 5.61. The van der Waals surface area contributed by atoms with E-state index in [0.717, 1.165) is 25.7 Å². The second-order valence-corrected chi connectivity index (χ2v) is 3.83. The molecule has 0 heterocycles. The van der Waals surface area contributed by atoms with Gasteiger partial charge in [0.15, 0.2) is 0 Å². The largest absolute Gasteiger partial charge is 0.369 e. The van der Waals surface area contributed by atoms with Gasteiger partial charge in [-0.25, -0.2) is 0 Å². The lowest BCUT2D eigenvalue weighted by Gasteiger charge is -2.19. The fourth-order valence-corrected chi connectivity index (χ4v) is 1.94. The van der Waals surface area contributed by atoms with Crippen molar-refractivity contribution in [1.29, 1.82) is 5.26 Å². The van der Waals surface area contributed by atoms with Gasteiger partial charge in [0.1, 0.15) is 0 Å². The number of nitriles is 1. The summed E-state index contributed by atoms with van der Waals surface area (Å²) in [6, 6.07) is 2.45. The van der Waals surface area contributed by atoms with Gasteiger partial charge in [-0.3, -0.25) is 4.79 Å². The highest BCUT2D eigenvalue weighted by molar-refractivity contribution is 5.75. The van der Waals surface area contributed by atoms with Crippen LogP contribution in [0.5, 0.6) is 0 Å². The van der Waals surface area contributed by atoms with Crippen molar-refractivity contribution in [3.8, 4) is 6.07 Å². The lowest BCUT2D eigenvalue weighted by molar-refractivity contribution is -0.117. The van der Waals surface area contributed by atoms with E-state index in [9.17, 15) is 4.79 Å². The van der Waals surface area contributed by atoms with Crippen LogP contribution >= 0.6 is 0 Å². The molecule has 1 aliphatic carbocycles. The van der Waals surface area contributed by atoms with Gasteiger partial charge < -0.3 is 11.1 Å². The summed E-state index contributed by atoms with van der Waals surface area (Å²) in [5.74, 6) is -0.317. The molecule has 4 heteroatoms. The standard InChI is InChI=1S/C10H17N3O/c11-6-8-4-2-1-3-5-9(8)13-7-10(12)14/h8-9,13H,1-5,7H2,(H2,12,14). The molecule has 2 atom stereocenters. The second-order valence-electron chi connectivity index (χ2n) is 3.83. The van der Waals surface area contributed by atoms with Crippen molar-refractivity contribution in [2.24, 2.45) is 11.7 Å². The van der Waals surface area contributed by atoms with Crippen LogP contribution in [0.4, 0.5) is 0 Å². The molecule has 0 aromatic rings. The molecule has 1 fully saturated rings. The summed E-state index contributed by atoms with van der Waals surface area (Å²) in [5.41, 5.74) is 5.05. The van der Waals surface area contributed by atoms with E-state index in [1.54, 1.807) is 0 Å². The van der Waals surface area contributed by atoms with E-state index in [0.29, 0.717) is 0 Å². The minimum Gasteiger partial charge on any atom is -0.369 e. The summed E-state index contributed by atoms with van der Waals surface area (Å²) in [4.78, 5) is 10.6. The molecule has 0 aliphatic heterocycles. The van der Waals surface area contributed by atoms with E-state index in [2.05, 4.69) is 11.4 Å². The van der Waals surface area contributed by atoms with Crippen LogP contribution in [0.15, 0.2) is 0 Å². The Morgan fingerprint density at radius 3 is 2.79 bits per heavy atom. The monoisotopic (exact) mass is 195 g/mol. The molecule has 0 aromatic carbocycles. The first-order valence-electron chi connectivity index (χ1n) is 5.15. The molecule has 14 heavy (non-hydrogen) atoms. The number of hydrogen-bond acceptors (Lipinski definition) is 3. The molecular weight excluding hydrogens is 178 g/mol. The van der Waals surface area contributed by atoms with Gasteiger partial charge in [0.25, 0.3) is 0 Å². The zero-order valence-electron chi connectivity index (χ0n) is 8.33. The maximum atomic E-state index is 10.6. The molecule has 1 amide bonds. The number of rotatable bonds is 3. The first kappa shape index (κ1) is 11.0. The third kappa shape index (κ3) is 3.35. The lowest BCUT2D eigenvalue weighted by atomic mass is 9.96. The van der Waals surface area contributed by atoms with Crippen LogP contribution in [-0.4, -0.2) is 18.5 Å². The van der Waals surface area contributed by atoms with E-state index in [1.807, 2.05) is 0 Å². The topological polar surface area (TPSA) is 78.9 Å². The van der Waals surface area contributed by atoms with Crippen LogP contribution in [-0.2, 0) is 4.79 Å². The van der Waals surface area contributed by atoms with Crippen LogP contribution in [0, 0.1) is 17.2 Å². The van der Waals surface area contributed by atoms with Gasteiger partial charge in [-0.15, -0.1) is 0 Å². The normalized spacial score (nSPS) is 27.6. The van der Waals surface area contributed by atoms with Crippen molar-refractivity contribution >= 4 is 5.91 Å². The van der Waals surface area contributed by atoms with Gasteiger partial charge in [0.2, 0.25) is 5.91 Å². The highest BCUT2D eigenvalue weighted by Gasteiger charge is 2.22. The molecule has 0 spiro atoms. The Bertz CT molecular complexity index is 234. The van der Waals surface area contributed by atoms with E-state index >= 15 is 0 Å². The van der Waals surface area contributed by atoms with Crippen molar-refractivity contribution in [3.63, 3.8) is 0 Å². The zero-order chi connectivity index (χ0) is 10.4. The first-order valence-corrected chi connectivity index (χ1v) is 5.15. The number of amides is 1. The van der Waals surface area contributed by atoms with E-state index in [4.69, 9.17) is 11.0 Å². The number of nitrogens with zero attached hydrogens (tertiary/aromatic N) is 1. The van der Waals surface area contributed by atoms with Gasteiger partial charge in [0.05, 0.1) is 18.5 Å². The maximum absolute atomic E-state index is 10.6. The smallest absolute Gasteiger partial charge is 0.231 e. The van der Waals surface area contributed by atoms with Gasteiger partial charge >= 0.3 is 0 Å². The van der Waals surface area contributed by atoms with Crippen LogP contribution in [0.25, 0.3) is 0 Å². The molecule has 1 rings (SSSR count). The molecule has 0 saturated heterocycles. The van der Waals surface area contributed by atoms with Gasteiger partial charge in [-0.2, -0.15) is 5.26 Å². The van der Waals surface area contributed by atoms with Crippen molar-refractivity contribution in [1.82, 2.24) is 5.32 Å². The molecule has 2 unspecified atom stereocenters. The predicted octanol–water partition coefficient (Wildman–Crippen LogP) is 0.534. The van der Waals surface area contributed by atoms with E-state index in [1.165, 1.54) is 6.42 Å². The molecule has 0 radical (unpaired) electrons. The Kier molecular flexibility index (Phi) is 4.41. The zero-order valence-corrected chi connectivity index (χ0v) is 8.33. The van der Waals surface area contributed by atoms with Crippen LogP contribution in [0.1, 0.15) is 32.1 Å².